The normalized spacial score (nSPS) is 16.0. The van der Waals surface area contributed by atoms with Crippen molar-refractivity contribution in [3.05, 3.63) is 84.0 Å². The fourth-order valence-electron chi connectivity index (χ4n) is 3.95. The second-order valence-electron chi connectivity index (χ2n) is 7.65. The highest BCUT2D eigenvalue weighted by Crippen LogP contribution is 2.34. The van der Waals surface area contributed by atoms with Crippen LogP contribution < -0.4 is 5.32 Å². The van der Waals surface area contributed by atoms with Crippen molar-refractivity contribution in [2.45, 2.75) is 18.9 Å². The molecule has 0 aliphatic carbocycles. The van der Waals surface area contributed by atoms with Gasteiger partial charge in [-0.1, -0.05) is 18.2 Å². The highest BCUT2D eigenvalue weighted by Gasteiger charge is 2.33. The number of likely N-dealkylation sites (tertiary alicyclic amines) is 1. The number of aromatic nitrogens is 1. The average Bonchev–Trinajstić information content (AvgIpc) is 3.43. The summed E-state index contributed by atoms with van der Waals surface area (Å²) in [6.45, 7) is 0.486. The molecule has 3 aromatic carbocycles. The maximum absolute atomic E-state index is 13.5. The largest absolute Gasteiger partial charge is 0.438 e. The number of hydrogen-bond donors (Lipinski definition) is 1. The molecule has 1 fully saturated rings. The Morgan fingerprint density at radius 1 is 0.969 bits per heavy atom. The Morgan fingerprint density at radius 3 is 2.53 bits per heavy atom. The molecule has 1 N–H and O–H groups in total. The van der Waals surface area contributed by atoms with Crippen molar-refractivity contribution in [3.63, 3.8) is 0 Å². The molecule has 0 saturated carbocycles. The van der Waals surface area contributed by atoms with Crippen molar-refractivity contribution in [3.8, 4) is 11.1 Å². The van der Waals surface area contributed by atoms with Crippen molar-refractivity contribution >= 4 is 22.8 Å². The molecule has 1 aliphatic rings. The molecule has 0 radical (unpaired) electrons. The number of amides is 2. The van der Waals surface area contributed by atoms with Crippen LogP contribution in [0.25, 0.3) is 22.2 Å². The SMILES string of the molecule is O=C(Nc1ccc(F)c(F)c1)N1CCCC1c1nc2cc(-c3ccc(F)cc3)ccc2o1. The van der Waals surface area contributed by atoms with Crippen LogP contribution in [0.15, 0.2) is 65.1 Å². The number of urea groups is 1. The molecular weight excluding hydrogens is 419 g/mol. The summed E-state index contributed by atoms with van der Waals surface area (Å²) in [7, 11) is 0. The lowest BCUT2D eigenvalue weighted by Crippen LogP contribution is -2.34. The lowest BCUT2D eigenvalue weighted by molar-refractivity contribution is 0.199. The molecule has 32 heavy (non-hydrogen) atoms. The molecule has 5 nitrogen and oxygen atoms in total. The van der Waals surface area contributed by atoms with Crippen molar-refractivity contribution in [2.75, 3.05) is 11.9 Å². The molecule has 0 spiro atoms. The van der Waals surface area contributed by atoms with Gasteiger partial charge in [0.2, 0.25) is 5.89 Å². The van der Waals surface area contributed by atoms with E-state index in [0.717, 1.165) is 29.7 Å². The van der Waals surface area contributed by atoms with Crippen LogP contribution in [0.4, 0.5) is 23.7 Å². The van der Waals surface area contributed by atoms with Gasteiger partial charge in [-0.2, -0.15) is 0 Å². The molecule has 162 valence electrons. The van der Waals surface area contributed by atoms with Gasteiger partial charge in [0.15, 0.2) is 17.2 Å². The fourth-order valence-corrected chi connectivity index (χ4v) is 3.95. The van der Waals surface area contributed by atoms with E-state index in [2.05, 4.69) is 10.3 Å². The summed E-state index contributed by atoms with van der Waals surface area (Å²) >= 11 is 0. The highest BCUT2D eigenvalue weighted by molar-refractivity contribution is 5.90. The van der Waals surface area contributed by atoms with Crippen LogP contribution in [0.2, 0.25) is 0 Å². The Balaban J connectivity index is 1.39. The number of fused-ring (bicyclic) bond motifs is 1. The Bertz CT molecular complexity index is 1300. The number of halogens is 3. The summed E-state index contributed by atoms with van der Waals surface area (Å²) in [5.74, 6) is -1.90. The Labute approximate surface area is 181 Å². The first-order valence-corrected chi connectivity index (χ1v) is 10.2. The van der Waals surface area contributed by atoms with Crippen molar-refractivity contribution in [1.82, 2.24) is 9.88 Å². The number of hydrogen-bond acceptors (Lipinski definition) is 3. The second-order valence-corrected chi connectivity index (χ2v) is 7.65. The molecule has 1 saturated heterocycles. The molecule has 1 atom stereocenters. The van der Waals surface area contributed by atoms with Gasteiger partial charge in [0.1, 0.15) is 17.4 Å². The minimum absolute atomic E-state index is 0.168. The van der Waals surface area contributed by atoms with E-state index in [1.165, 1.54) is 18.2 Å². The smallest absolute Gasteiger partial charge is 0.322 e. The Kier molecular flexibility index (Phi) is 5.05. The zero-order valence-electron chi connectivity index (χ0n) is 16.8. The van der Waals surface area contributed by atoms with E-state index in [-0.39, 0.29) is 17.5 Å². The fraction of sp³-hybridized carbons (Fsp3) is 0.167. The standard InChI is InChI=1S/C24H18F3N3O2/c25-16-6-3-14(4-7-16)15-5-10-22-20(12-15)29-23(32-22)21-2-1-11-30(21)24(31)28-17-8-9-18(26)19(27)13-17/h3-10,12-13,21H,1-2,11H2,(H,28,31). The maximum atomic E-state index is 13.5. The first-order chi connectivity index (χ1) is 15.5. The monoisotopic (exact) mass is 437 g/mol. The van der Waals surface area contributed by atoms with Gasteiger partial charge < -0.3 is 14.6 Å². The number of nitrogens with one attached hydrogen (secondary N) is 1. The summed E-state index contributed by atoms with van der Waals surface area (Å²) in [6.07, 6.45) is 1.43. The molecule has 1 aliphatic heterocycles. The summed E-state index contributed by atoms with van der Waals surface area (Å²) < 4.78 is 45.7. The quantitative estimate of drug-likeness (QED) is 0.410. The van der Waals surface area contributed by atoms with Gasteiger partial charge in [0.05, 0.1) is 0 Å². The average molecular weight is 437 g/mol. The number of benzene rings is 3. The van der Waals surface area contributed by atoms with Crippen LogP contribution in [-0.4, -0.2) is 22.5 Å². The third-order valence-electron chi connectivity index (χ3n) is 5.55. The topological polar surface area (TPSA) is 58.4 Å². The van der Waals surface area contributed by atoms with Crippen molar-refractivity contribution in [1.29, 1.82) is 0 Å². The lowest BCUT2D eigenvalue weighted by Gasteiger charge is -2.22. The third-order valence-corrected chi connectivity index (χ3v) is 5.55. The van der Waals surface area contributed by atoms with Gasteiger partial charge in [-0.05, 0) is 60.4 Å². The Morgan fingerprint density at radius 2 is 1.75 bits per heavy atom. The zero-order valence-corrected chi connectivity index (χ0v) is 16.8. The molecule has 0 bridgehead atoms. The lowest BCUT2D eigenvalue weighted by atomic mass is 10.1. The van der Waals surface area contributed by atoms with Crippen molar-refractivity contribution in [2.24, 2.45) is 0 Å². The van der Waals surface area contributed by atoms with E-state index in [4.69, 9.17) is 4.42 Å². The van der Waals surface area contributed by atoms with E-state index in [1.807, 2.05) is 12.1 Å². The first kappa shape index (κ1) is 20.1. The third kappa shape index (κ3) is 3.79. The van der Waals surface area contributed by atoms with E-state index >= 15 is 0 Å². The molecule has 1 unspecified atom stereocenters. The molecule has 1 aromatic heterocycles. The number of carbonyl (C=O) groups is 1. The van der Waals surface area contributed by atoms with E-state index in [0.29, 0.717) is 30.0 Å². The number of rotatable bonds is 3. The van der Waals surface area contributed by atoms with Gasteiger partial charge in [-0.25, -0.2) is 22.9 Å². The van der Waals surface area contributed by atoms with Gasteiger partial charge in [-0.15, -0.1) is 0 Å². The van der Waals surface area contributed by atoms with E-state index in [9.17, 15) is 18.0 Å². The van der Waals surface area contributed by atoms with E-state index < -0.39 is 17.7 Å². The number of carbonyl (C=O) groups excluding carboxylic acids is 1. The summed E-state index contributed by atoms with van der Waals surface area (Å²) in [4.78, 5) is 18.9. The van der Waals surface area contributed by atoms with Crippen LogP contribution in [-0.2, 0) is 0 Å². The maximum Gasteiger partial charge on any atom is 0.322 e. The molecular formula is C24H18F3N3O2. The number of oxazole rings is 1. The van der Waals surface area contributed by atoms with E-state index in [1.54, 1.807) is 23.1 Å². The zero-order chi connectivity index (χ0) is 22.2. The number of anilines is 1. The van der Waals surface area contributed by atoms with Gasteiger partial charge in [-0.3, -0.25) is 0 Å². The van der Waals surface area contributed by atoms with Gasteiger partial charge >= 0.3 is 6.03 Å². The predicted molar refractivity (Wildman–Crippen MR) is 113 cm³/mol. The second kappa shape index (κ2) is 8.03. The van der Waals surface area contributed by atoms with Crippen LogP contribution in [0.1, 0.15) is 24.8 Å². The van der Waals surface area contributed by atoms with Crippen LogP contribution in [0.3, 0.4) is 0 Å². The summed E-state index contributed by atoms with van der Waals surface area (Å²) in [6, 6.07) is 14.1. The molecule has 5 rings (SSSR count). The molecule has 2 heterocycles. The summed E-state index contributed by atoms with van der Waals surface area (Å²) in [5, 5.41) is 2.60. The van der Waals surface area contributed by atoms with Crippen LogP contribution >= 0.6 is 0 Å². The first-order valence-electron chi connectivity index (χ1n) is 10.2. The van der Waals surface area contributed by atoms with Crippen LogP contribution in [0, 0.1) is 17.5 Å². The van der Waals surface area contributed by atoms with Gasteiger partial charge in [0, 0.05) is 18.3 Å². The van der Waals surface area contributed by atoms with Crippen LogP contribution in [0.5, 0.6) is 0 Å². The number of nitrogens with zero attached hydrogens (tertiary/aromatic N) is 2. The minimum atomic E-state index is -1.03. The summed E-state index contributed by atoms with van der Waals surface area (Å²) in [5.41, 5.74) is 3.11. The molecule has 2 amide bonds. The van der Waals surface area contributed by atoms with Gasteiger partial charge in [0.25, 0.3) is 0 Å². The minimum Gasteiger partial charge on any atom is -0.438 e. The Hall–Kier alpha value is -3.81. The molecule has 8 heteroatoms. The highest BCUT2D eigenvalue weighted by atomic mass is 19.2. The predicted octanol–water partition coefficient (Wildman–Crippen LogP) is 6.28. The molecule has 4 aromatic rings. The van der Waals surface area contributed by atoms with Crippen molar-refractivity contribution < 1.29 is 22.4 Å².